The Morgan fingerprint density at radius 2 is 2.00 bits per heavy atom. The molecule has 5 heteroatoms. The average molecular weight is 293 g/mol. The molecule has 4 nitrogen and oxygen atoms in total. The summed E-state index contributed by atoms with van der Waals surface area (Å²) in [5.41, 5.74) is 7.06. The smallest absolute Gasteiger partial charge is 0.254 e. The lowest BCUT2D eigenvalue weighted by Crippen LogP contribution is -2.53. The Hall–Kier alpha value is -1.46. The molecule has 1 unspecified atom stereocenters. The van der Waals surface area contributed by atoms with Crippen LogP contribution in [0.2, 0.25) is 0 Å². The van der Waals surface area contributed by atoms with Crippen LogP contribution in [0.3, 0.4) is 0 Å². The molecule has 0 bridgehead atoms. The molecule has 0 aromatic heterocycles. The van der Waals surface area contributed by atoms with E-state index < -0.39 is 0 Å². The van der Waals surface area contributed by atoms with Crippen LogP contribution in [0.4, 0.5) is 4.39 Å². The van der Waals surface area contributed by atoms with E-state index in [1.807, 2.05) is 11.8 Å². The van der Waals surface area contributed by atoms with Gasteiger partial charge in [-0.2, -0.15) is 0 Å². The Bertz CT molecular complexity index is 494. The predicted octanol–water partition coefficient (Wildman–Crippen LogP) is 1.63. The van der Waals surface area contributed by atoms with E-state index in [0.717, 1.165) is 25.1 Å². The van der Waals surface area contributed by atoms with E-state index in [-0.39, 0.29) is 11.7 Å². The van der Waals surface area contributed by atoms with Crippen LogP contribution in [-0.2, 0) is 0 Å². The molecule has 1 atom stereocenters. The molecule has 21 heavy (non-hydrogen) atoms. The van der Waals surface area contributed by atoms with Gasteiger partial charge in [-0.3, -0.25) is 9.69 Å². The van der Waals surface area contributed by atoms with E-state index in [2.05, 4.69) is 11.8 Å². The third kappa shape index (κ3) is 3.60. The van der Waals surface area contributed by atoms with Crippen molar-refractivity contribution in [2.75, 3.05) is 32.7 Å². The number of rotatable bonds is 4. The van der Waals surface area contributed by atoms with Crippen molar-refractivity contribution in [1.29, 1.82) is 0 Å². The van der Waals surface area contributed by atoms with E-state index in [1.54, 1.807) is 6.07 Å². The van der Waals surface area contributed by atoms with Gasteiger partial charge in [0.2, 0.25) is 0 Å². The second-order valence-electron chi connectivity index (χ2n) is 5.59. The van der Waals surface area contributed by atoms with Crippen LogP contribution in [0.15, 0.2) is 18.2 Å². The number of hydrogen-bond acceptors (Lipinski definition) is 3. The zero-order valence-electron chi connectivity index (χ0n) is 12.8. The fourth-order valence-corrected chi connectivity index (χ4v) is 2.86. The summed E-state index contributed by atoms with van der Waals surface area (Å²) in [6.07, 6.45) is 1.02. The molecule has 1 aromatic rings. The van der Waals surface area contributed by atoms with Crippen molar-refractivity contribution in [3.63, 3.8) is 0 Å². The number of nitrogens with zero attached hydrogens (tertiary/aromatic N) is 2. The normalized spacial score (nSPS) is 17.8. The zero-order chi connectivity index (χ0) is 15.4. The number of hydrogen-bond donors (Lipinski definition) is 1. The second-order valence-corrected chi connectivity index (χ2v) is 5.59. The van der Waals surface area contributed by atoms with Gasteiger partial charge in [-0.15, -0.1) is 0 Å². The molecule has 1 aromatic carbocycles. The van der Waals surface area contributed by atoms with E-state index in [9.17, 15) is 9.18 Å². The Kier molecular flexibility index (Phi) is 5.31. The molecule has 0 saturated carbocycles. The van der Waals surface area contributed by atoms with Gasteiger partial charge in [0.25, 0.3) is 5.91 Å². The van der Waals surface area contributed by atoms with E-state index >= 15 is 0 Å². The molecule has 1 amide bonds. The summed E-state index contributed by atoms with van der Waals surface area (Å²) < 4.78 is 13.3. The number of piperazine rings is 1. The molecule has 116 valence electrons. The number of amides is 1. The minimum atomic E-state index is -0.364. The number of carbonyl (C=O) groups is 1. The van der Waals surface area contributed by atoms with Gasteiger partial charge < -0.3 is 10.6 Å². The summed E-state index contributed by atoms with van der Waals surface area (Å²) in [6, 6.07) is 4.76. The molecule has 1 heterocycles. The monoisotopic (exact) mass is 293 g/mol. The first-order valence-electron chi connectivity index (χ1n) is 7.56. The minimum Gasteiger partial charge on any atom is -0.336 e. The highest BCUT2D eigenvalue weighted by Crippen LogP contribution is 2.16. The van der Waals surface area contributed by atoms with Gasteiger partial charge in [0.05, 0.1) is 0 Å². The second kappa shape index (κ2) is 7.00. The molecule has 2 rings (SSSR count). The van der Waals surface area contributed by atoms with Gasteiger partial charge in [-0.05, 0) is 31.0 Å². The van der Waals surface area contributed by atoms with Crippen LogP contribution >= 0.6 is 0 Å². The summed E-state index contributed by atoms with van der Waals surface area (Å²) >= 11 is 0. The van der Waals surface area contributed by atoms with Gasteiger partial charge in [-0.1, -0.05) is 13.0 Å². The maximum Gasteiger partial charge on any atom is 0.254 e. The van der Waals surface area contributed by atoms with Crippen molar-refractivity contribution in [3.8, 4) is 0 Å². The Morgan fingerprint density at radius 1 is 1.33 bits per heavy atom. The number of nitrogens with two attached hydrogens (primary N) is 1. The lowest BCUT2D eigenvalue weighted by atomic mass is 10.1. The van der Waals surface area contributed by atoms with Crippen molar-refractivity contribution in [1.82, 2.24) is 9.80 Å². The van der Waals surface area contributed by atoms with E-state index in [0.29, 0.717) is 31.2 Å². The summed E-state index contributed by atoms with van der Waals surface area (Å²) in [6.45, 7) is 7.62. The lowest BCUT2D eigenvalue weighted by Gasteiger charge is -2.38. The molecule has 1 aliphatic rings. The minimum absolute atomic E-state index is 0.0764. The lowest BCUT2D eigenvalue weighted by molar-refractivity contribution is 0.0570. The summed E-state index contributed by atoms with van der Waals surface area (Å²) in [5.74, 6) is -0.441. The van der Waals surface area contributed by atoms with Gasteiger partial charge >= 0.3 is 0 Å². The van der Waals surface area contributed by atoms with Crippen molar-refractivity contribution in [2.24, 2.45) is 5.73 Å². The van der Waals surface area contributed by atoms with E-state index in [4.69, 9.17) is 5.73 Å². The third-order valence-electron chi connectivity index (χ3n) is 4.29. The maximum absolute atomic E-state index is 13.3. The molecule has 0 aliphatic carbocycles. The molecule has 1 aliphatic heterocycles. The largest absolute Gasteiger partial charge is 0.336 e. The summed E-state index contributed by atoms with van der Waals surface area (Å²) in [7, 11) is 0. The van der Waals surface area contributed by atoms with Crippen LogP contribution in [0.1, 0.15) is 29.3 Å². The fraction of sp³-hybridized carbons (Fsp3) is 0.562. The highest BCUT2D eigenvalue weighted by Gasteiger charge is 2.26. The first-order chi connectivity index (χ1) is 10.1. The topological polar surface area (TPSA) is 49.6 Å². The third-order valence-corrected chi connectivity index (χ3v) is 4.29. The van der Waals surface area contributed by atoms with Crippen LogP contribution in [0.5, 0.6) is 0 Å². The number of benzene rings is 1. The van der Waals surface area contributed by atoms with Gasteiger partial charge in [0.1, 0.15) is 5.82 Å². The quantitative estimate of drug-likeness (QED) is 0.918. The van der Waals surface area contributed by atoms with Crippen molar-refractivity contribution >= 4 is 5.91 Å². The maximum atomic E-state index is 13.3. The molecular weight excluding hydrogens is 269 g/mol. The molecule has 0 spiro atoms. The molecule has 1 fully saturated rings. The van der Waals surface area contributed by atoms with Crippen molar-refractivity contribution in [2.45, 2.75) is 26.3 Å². The number of halogens is 1. The Labute approximate surface area is 125 Å². The summed E-state index contributed by atoms with van der Waals surface area (Å²) in [4.78, 5) is 16.6. The van der Waals surface area contributed by atoms with Gasteiger partial charge in [0, 0.05) is 44.3 Å². The molecular formula is C16H24FN3O. The van der Waals surface area contributed by atoms with Crippen LogP contribution in [-0.4, -0.2) is 54.5 Å². The SMILES string of the molecule is CCC(CN)N1CCN(C(=O)c2cc(F)ccc2C)CC1. The molecule has 0 radical (unpaired) electrons. The average Bonchev–Trinajstić information content (AvgIpc) is 2.51. The number of carbonyl (C=O) groups excluding carboxylic acids is 1. The highest BCUT2D eigenvalue weighted by molar-refractivity contribution is 5.95. The highest BCUT2D eigenvalue weighted by atomic mass is 19.1. The summed E-state index contributed by atoms with van der Waals surface area (Å²) in [5, 5.41) is 0. The Balaban J connectivity index is 2.02. The Morgan fingerprint density at radius 3 is 2.57 bits per heavy atom. The number of aryl methyl sites for hydroxylation is 1. The van der Waals surface area contributed by atoms with E-state index in [1.165, 1.54) is 12.1 Å². The van der Waals surface area contributed by atoms with Gasteiger partial charge in [-0.25, -0.2) is 4.39 Å². The van der Waals surface area contributed by atoms with Gasteiger partial charge in [0.15, 0.2) is 0 Å². The van der Waals surface area contributed by atoms with Crippen molar-refractivity contribution < 1.29 is 9.18 Å². The van der Waals surface area contributed by atoms with Crippen LogP contribution < -0.4 is 5.73 Å². The van der Waals surface area contributed by atoms with Crippen LogP contribution in [0, 0.1) is 12.7 Å². The predicted molar refractivity (Wildman–Crippen MR) is 81.7 cm³/mol. The first-order valence-corrected chi connectivity index (χ1v) is 7.56. The first kappa shape index (κ1) is 15.9. The zero-order valence-corrected chi connectivity index (χ0v) is 12.8. The molecule has 1 saturated heterocycles. The van der Waals surface area contributed by atoms with Crippen LogP contribution in [0.25, 0.3) is 0 Å². The van der Waals surface area contributed by atoms with Crippen molar-refractivity contribution in [3.05, 3.63) is 35.1 Å². The molecule has 2 N–H and O–H groups in total. The fourth-order valence-electron chi connectivity index (χ4n) is 2.86. The standard InChI is InChI=1S/C16H24FN3O/c1-3-14(11-18)19-6-8-20(9-7-19)16(21)15-10-13(17)5-4-12(15)2/h4-5,10,14H,3,6-9,11,18H2,1-2H3.